The van der Waals surface area contributed by atoms with E-state index in [2.05, 4.69) is 56.8 Å². The molecule has 0 aromatic carbocycles. The van der Waals surface area contributed by atoms with E-state index < -0.39 is 107 Å². The summed E-state index contributed by atoms with van der Waals surface area (Å²) in [6.07, 6.45) is 5.75. The number of carbonyl (C=O) groups excluding carboxylic acids is 7. The SMILES string of the molecule is CC[C@H](C)[C@H](NC(=O)[C@H](Cc1cnc[nH]1)NC(=O)[C@@H](NC(=O)[C@H](CCC(N)=O)NC(=O)[C@@H](NC(=O)[C@@H](N)CCCN=C(N)N)C(C)C)C(C)C)C(=O)N[C@@H](Cc1cnc[nH]1)C(=O)O. The summed E-state index contributed by atoms with van der Waals surface area (Å²) in [5.41, 5.74) is 23.0. The number of aliphatic carboxylic acids is 1. The average Bonchev–Trinajstić information content (AvgIpc) is 3.94. The molecule has 0 bridgehead atoms. The first kappa shape index (κ1) is 52.5. The molecule has 350 valence electrons. The molecule has 63 heavy (non-hydrogen) atoms. The number of carbonyl (C=O) groups is 8. The predicted octanol–water partition coefficient (Wildman–Crippen LogP) is -3.08. The Morgan fingerprint density at radius 1 is 0.651 bits per heavy atom. The highest BCUT2D eigenvalue weighted by molar-refractivity contribution is 5.97. The number of carboxylic acids is 1. The van der Waals surface area contributed by atoms with Gasteiger partial charge in [-0.25, -0.2) is 14.8 Å². The van der Waals surface area contributed by atoms with E-state index >= 15 is 0 Å². The molecular formula is C39H65N15O9. The van der Waals surface area contributed by atoms with Gasteiger partial charge in [0.15, 0.2) is 5.96 Å². The van der Waals surface area contributed by atoms with Crippen LogP contribution in [0.2, 0.25) is 0 Å². The number of carboxylic acid groups (broad SMARTS) is 1. The van der Waals surface area contributed by atoms with Crippen molar-refractivity contribution in [1.82, 2.24) is 51.8 Å². The molecule has 0 unspecified atom stereocenters. The molecule has 0 radical (unpaired) electrons. The normalized spacial score (nSPS) is 15.0. The van der Waals surface area contributed by atoms with Crippen molar-refractivity contribution < 1.29 is 43.5 Å². The zero-order chi connectivity index (χ0) is 47.4. The first-order valence-corrected chi connectivity index (χ1v) is 20.7. The second-order valence-electron chi connectivity index (χ2n) is 16.0. The van der Waals surface area contributed by atoms with Crippen molar-refractivity contribution >= 4 is 53.3 Å². The quantitative estimate of drug-likeness (QED) is 0.0229. The van der Waals surface area contributed by atoms with Gasteiger partial charge in [0.05, 0.1) is 18.7 Å². The number of aliphatic imine (C=N–C) groups is 1. The number of nitrogens with two attached hydrogens (primary N) is 4. The van der Waals surface area contributed by atoms with Gasteiger partial charge in [0.1, 0.15) is 36.3 Å². The first-order valence-electron chi connectivity index (χ1n) is 20.7. The lowest BCUT2D eigenvalue weighted by molar-refractivity contribution is -0.142. The zero-order valence-corrected chi connectivity index (χ0v) is 36.6. The van der Waals surface area contributed by atoms with Crippen LogP contribution in [0.4, 0.5) is 0 Å². The molecule has 0 fully saturated rings. The van der Waals surface area contributed by atoms with Crippen LogP contribution in [0.5, 0.6) is 0 Å². The van der Waals surface area contributed by atoms with Gasteiger partial charge in [0.2, 0.25) is 41.4 Å². The topological polar surface area (TPSA) is 403 Å². The summed E-state index contributed by atoms with van der Waals surface area (Å²) in [6.45, 7) is 10.3. The minimum atomic E-state index is -1.41. The van der Waals surface area contributed by atoms with Gasteiger partial charge in [-0.3, -0.25) is 38.6 Å². The summed E-state index contributed by atoms with van der Waals surface area (Å²) in [5.74, 6) is -8.41. The number of aromatic amines is 2. The number of imidazole rings is 2. The highest BCUT2D eigenvalue weighted by Crippen LogP contribution is 2.13. The first-order chi connectivity index (χ1) is 29.6. The van der Waals surface area contributed by atoms with Crippen LogP contribution in [-0.4, -0.2) is 127 Å². The van der Waals surface area contributed by atoms with Gasteiger partial charge in [0, 0.05) is 49.6 Å². The molecule has 0 aliphatic carbocycles. The Morgan fingerprint density at radius 3 is 1.57 bits per heavy atom. The lowest BCUT2D eigenvalue weighted by atomic mass is 9.96. The van der Waals surface area contributed by atoms with Crippen molar-refractivity contribution in [3.05, 3.63) is 36.4 Å². The van der Waals surface area contributed by atoms with Crippen LogP contribution in [0, 0.1) is 17.8 Å². The van der Waals surface area contributed by atoms with Gasteiger partial charge < -0.3 is 69.9 Å². The smallest absolute Gasteiger partial charge is 0.326 e. The molecule has 0 saturated heterocycles. The maximum absolute atomic E-state index is 14.0. The van der Waals surface area contributed by atoms with Crippen LogP contribution < -0.4 is 54.8 Å². The number of nitrogens with one attached hydrogen (secondary N) is 8. The molecule has 24 nitrogen and oxygen atoms in total. The Morgan fingerprint density at radius 2 is 1.11 bits per heavy atom. The maximum atomic E-state index is 14.0. The van der Waals surface area contributed by atoms with E-state index in [0.29, 0.717) is 24.2 Å². The summed E-state index contributed by atoms with van der Waals surface area (Å²) in [5, 5.41) is 25.5. The van der Waals surface area contributed by atoms with E-state index in [9.17, 15) is 43.5 Å². The molecule has 2 aromatic rings. The standard InChI is InChI=1S/C39H65N15O9/c1-7-21(6)31(37(61)51-27(38(62)63)14-23-16-45-18-48-23)54-34(58)26(13-22-15-44-17-47-22)50-36(60)30(20(4)5)53-33(57)25(10-11-28(41)55)49-35(59)29(19(2)3)52-32(56)24(40)9-8-12-46-39(42)43/h15-21,24-27,29-31H,7-14,40H2,1-6H3,(H2,41,55)(H,44,47)(H,45,48)(H,49,59)(H,50,60)(H,51,61)(H,52,56)(H,53,57)(H,54,58)(H,62,63)(H4,42,43,46)/t21-,24-,25-,26-,27-,29-,30-,31-/m0/s1. The van der Waals surface area contributed by atoms with Crippen molar-refractivity contribution in [2.45, 2.75) is 129 Å². The average molecular weight is 888 g/mol. The fraction of sp³-hybridized carbons (Fsp3) is 0.615. The third kappa shape index (κ3) is 18.1. The molecule has 7 amide bonds. The Kier molecular flexibility index (Phi) is 21.7. The van der Waals surface area contributed by atoms with Crippen molar-refractivity contribution in [3.63, 3.8) is 0 Å². The molecule has 0 saturated carbocycles. The fourth-order valence-corrected chi connectivity index (χ4v) is 6.17. The van der Waals surface area contributed by atoms with Gasteiger partial charge in [-0.2, -0.15) is 0 Å². The number of amides is 7. The Hall–Kier alpha value is -6.59. The van der Waals surface area contributed by atoms with Crippen LogP contribution >= 0.6 is 0 Å². The molecule has 24 heteroatoms. The molecule has 17 N–H and O–H groups in total. The minimum absolute atomic E-state index is 0.108. The van der Waals surface area contributed by atoms with Crippen LogP contribution in [-0.2, 0) is 51.2 Å². The lowest BCUT2D eigenvalue weighted by Crippen LogP contribution is -2.62. The van der Waals surface area contributed by atoms with Crippen LogP contribution in [0.1, 0.15) is 85.0 Å². The Balaban J connectivity index is 2.31. The van der Waals surface area contributed by atoms with Gasteiger partial charge in [-0.1, -0.05) is 48.0 Å². The van der Waals surface area contributed by atoms with Crippen molar-refractivity contribution in [3.8, 4) is 0 Å². The second kappa shape index (κ2) is 26.0. The maximum Gasteiger partial charge on any atom is 0.326 e. The van der Waals surface area contributed by atoms with E-state index in [1.165, 1.54) is 25.0 Å². The molecule has 2 heterocycles. The van der Waals surface area contributed by atoms with Gasteiger partial charge in [0.25, 0.3) is 0 Å². The molecular weight excluding hydrogens is 823 g/mol. The van der Waals surface area contributed by atoms with Gasteiger partial charge >= 0.3 is 5.97 Å². The molecule has 0 spiro atoms. The van der Waals surface area contributed by atoms with E-state index in [1.807, 2.05) is 0 Å². The summed E-state index contributed by atoms with van der Waals surface area (Å²) in [7, 11) is 0. The number of rotatable bonds is 28. The largest absolute Gasteiger partial charge is 0.480 e. The molecule has 0 aliphatic heterocycles. The van der Waals surface area contributed by atoms with Crippen molar-refractivity contribution in [1.29, 1.82) is 0 Å². The molecule has 0 aliphatic rings. The Labute approximate surface area is 365 Å². The van der Waals surface area contributed by atoms with E-state index in [0.717, 1.165) is 0 Å². The third-order valence-electron chi connectivity index (χ3n) is 10.1. The molecule has 8 atom stereocenters. The third-order valence-corrected chi connectivity index (χ3v) is 10.1. The van der Waals surface area contributed by atoms with Gasteiger partial charge in [-0.05, 0) is 37.0 Å². The monoisotopic (exact) mass is 888 g/mol. The number of hydrogen-bond acceptors (Lipinski definition) is 12. The number of H-pyrrole nitrogens is 2. The van der Waals surface area contributed by atoms with Crippen LogP contribution in [0.25, 0.3) is 0 Å². The summed E-state index contributed by atoms with van der Waals surface area (Å²) < 4.78 is 0. The fourth-order valence-electron chi connectivity index (χ4n) is 6.17. The highest BCUT2D eigenvalue weighted by Gasteiger charge is 2.36. The lowest BCUT2D eigenvalue weighted by Gasteiger charge is -2.30. The van der Waals surface area contributed by atoms with E-state index in [-0.39, 0.29) is 44.6 Å². The molecule has 2 aromatic heterocycles. The van der Waals surface area contributed by atoms with Gasteiger partial charge in [-0.15, -0.1) is 0 Å². The second-order valence-corrected chi connectivity index (χ2v) is 16.0. The van der Waals surface area contributed by atoms with E-state index in [4.69, 9.17) is 22.9 Å². The number of guanidine groups is 1. The number of aromatic nitrogens is 4. The Bertz CT molecular complexity index is 1850. The molecule has 2 rings (SSSR count). The minimum Gasteiger partial charge on any atom is -0.480 e. The van der Waals surface area contributed by atoms with E-state index in [1.54, 1.807) is 41.5 Å². The number of primary amides is 1. The summed E-state index contributed by atoms with van der Waals surface area (Å²) in [4.78, 5) is 123. The van der Waals surface area contributed by atoms with Crippen molar-refractivity contribution in [2.24, 2.45) is 45.7 Å². The zero-order valence-electron chi connectivity index (χ0n) is 36.6. The highest BCUT2D eigenvalue weighted by atomic mass is 16.4. The summed E-state index contributed by atoms with van der Waals surface area (Å²) in [6, 6.07) is -8.83. The van der Waals surface area contributed by atoms with Crippen LogP contribution in [0.15, 0.2) is 30.0 Å². The number of nitrogens with zero attached hydrogens (tertiary/aromatic N) is 3. The number of hydrogen-bond donors (Lipinski definition) is 13. The summed E-state index contributed by atoms with van der Waals surface area (Å²) >= 11 is 0. The van der Waals surface area contributed by atoms with Crippen LogP contribution in [0.3, 0.4) is 0 Å². The van der Waals surface area contributed by atoms with Crippen molar-refractivity contribution in [2.75, 3.05) is 6.54 Å². The predicted molar refractivity (Wildman–Crippen MR) is 229 cm³/mol.